The Kier molecular flexibility index (Phi) is 5.23. The van der Waals surface area contributed by atoms with Gasteiger partial charge < -0.3 is 9.84 Å². The highest BCUT2D eigenvalue weighted by Crippen LogP contribution is 2.32. The van der Waals surface area contributed by atoms with E-state index in [1.54, 1.807) is 18.0 Å². The van der Waals surface area contributed by atoms with E-state index < -0.39 is 6.10 Å². The van der Waals surface area contributed by atoms with Gasteiger partial charge in [-0.2, -0.15) is 5.10 Å². The normalized spacial score (nSPS) is 12.4. The van der Waals surface area contributed by atoms with Crippen LogP contribution >= 0.6 is 31.9 Å². The molecule has 0 saturated heterocycles. The molecule has 0 aliphatic heterocycles. The van der Waals surface area contributed by atoms with Crippen LogP contribution in [0.2, 0.25) is 0 Å². The lowest BCUT2D eigenvalue weighted by Gasteiger charge is -2.16. The van der Waals surface area contributed by atoms with E-state index in [1.165, 1.54) is 0 Å². The highest BCUT2D eigenvalue weighted by molar-refractivity contribution is 9.11. The Morgan fingerprint density at radius 1 is 1.30 bits per heavy atom. The number of aromatic nitrogens is 2. The summed E-state index contributed by atoms with van der Waals surface area (Å²) >= 11 is 6.87. The van der Waals surface area contributed by atoms with Crippen molar-refractivity contribution < 1.29 is 9.84 Å². The molecule has 0 spiro atoms. The second-order valence-electron chi connectivity index (χ2n) is 4.43. The van der Waals surface area contributed by atoms with Crippen molar-refractivity contribution in [3.05, 3.63) is 44.6 Å². The molecule has 20 heavy (non-hydrogen) atoms. The van der Waals surface area contributed by atoms with Crippen molar-refractivity contribution in [3.8, 4) is 5.75 Å². The predicted molar refractivity (Wildman–Crippen MR) is 85.0 cm³/mol. The quantitative estimate of drug-likeness (QED) is 0.823. The fourth-order valence-corrected chi connectivity index (χ4v) is 3.42. The van der Waals surface area contributed by atoms with Crippen molar-refractivity contribution in [1.82, 2.24) is 9.78 Å². The van der Waals surface area contributed by atoms with Crippen LogP contribution in [0.25, 0.3) is 0 Å². The topological polar surface area (TPSA) is 47.3 Å². The van der Waals surface area contributed by atoms with Gasteiger partial charge in [-0.05, 0) is 30.2 Å². The highest BCUT2D eigenvalue weighted by atomic mass is 79.9. The van der Waals surface area contributed by atoms with Crippen LogP contribution in [-0.4, -0.2) is 22.0 Å². The number of hydrogen-bond acceptors (Lipinski definition) is 3. The number of hydrogen-bond donors (Lipinski definition) is 1. The van der Waals surface area contributed by atoms with Gasteiger partial charge in [0.15, 0.2) is 5.75 Å². The van der Waals surface area contributed by atoms with Crippen LogP contribution in [0.15, 0.2) is 33.3 Å². The molecule has 1 atom stereocenters. The van der Waals surface area contributed by atoms with Crippen molar-refractivity contribution in [2.75, 3.05) is 7.11 Å². The summed E-state index contributed by atoms with van der Waals surface area (Å²) in [6.45, 7) is 2.81. The van der Waals surface area contributed by atoms with Gasteiger partial charge in [0.05, 0.1) is 13.3 Å². The fraction of sp³-hybridized carbons (Fsp3) is 0.357. The first-order valence-electron chi connectivity index (χ1n) is 6.30. The minimum atomic E-state index is -0.784. The first-order valence-corrected chi connectivity index (χ1v) is 7.89. The molecule has 0 saturated carbocycles. The van der Waals surface area contributed by atoms with Crippen LogP contribution in [0, 0.1) is 0 Å². The second-order valence-corrected chi connectivity index (χ2v) is 6.26. The van der Waals surface area contributed by atoms with Gasteiger partial charge in [0, 0.05) is 15.5 Å². The number of aryl methyl sites for hydroxylation is 1. The van der Waals surface area contributed by atoms with Gasteiger partial charge in [-0.3, -0.25) is 4.68 Å². The monoisotopic (exact) mass is 402 g/mol. The number of aliphatic hydroxyl groups is 1. The van der Waals surface area contributed by atoms with Crippen molar-refractivity contribution in [2.24, 2.45) is 0 Å². The molecular weight excluding hydrogens is 388 g/mol. The molecule has 0 amide bonds. The third-order valence-corrected chi connectivity index (χ3v) is 3.88. The van der Waals surface area contributed by atoms with E-state index in [0.717, 1.165) is 27.5 Å². The first kappa shape index (κ1) is 15.5. The Bertz CT molecular complexity index is 579. The van der Waals surface area contributed by atoms with Gasteiger partial charge in [0.2, 0.25) is 0 Å². The number of rotatable bonds is 5. The SMILES string of the molecule is CCCn1ncc(OC)c1C(O)c1cc(Br)cc(Br)c1. The van der Waals surface area contributed by atoms with E-state index in [2.05, 4.69) is 43.9 Å². The molecule has 0 bridgehead atoms. The zero-order valence-electron chi connectivity index (χ0n) is 11.3. The van der Waals surface area contributed by atoms with Crippen molar-refractivity contribution in [3.63, 3.8) is 0 Å². The lowest BCUT2D eigenvalue weighted by Crippen LogP contribution is -2.11. The number of methoxy groups -OCH3 is 1. The van der Waals surface area contributed by atoms with Gasteiger partial charge in [-0.1, -0.05) is 38.8 Å². The summed E-state index contributed by atoms with van der Waals surface area (Å²) in [4.78, 5) is 0. The van der Waals surface area contributed by atoms with Crippen LogP contribution in [-0.2, 0) is 6.54 Å². The average Bonchev–Trinajstić information content (AvgIpc) is 2.80. The molecule has 1 aromatic heterocycles. The van der Waals surface area contributed by atoms with E-state index in [0.29, 0.717) is 11.4 Å². The van der Waals surface area contributed by atoms with Gasteiger partial charge in [0.1, 0.15) is 11.8 Å². The zero-order chi connectivity index (χ0) is 14.7. The maximum atomic E-state index is 10.7. The van der Waals surface area contributed by atoms with Crippen LogP contribution in [0.4, 0.5) is 0 Å². The molecule has 1 unspecified atom stereocenters. The molecule has 0 fully saturated rings. The number of halogens is 2. The zero-order valence-corrected chi connectivity index (χ0v) is 14.5. The number of benzene rings is 1. The Balaban J connectivity index is 2.45. The lowest BCUT2D eigenvalue weighted by atomic mass is 10.1. The Morgan fingerprint density at radius 2 is 1.95 bits per heavy atom. The Hall–Kier alpha value is -0.850. The van der Waals surface area contributed by atoms with Crippen LogP contribution in [0.3, 0.4) is 0 Å². The third kappa shape index (κ3) is 3.24. The Labute approximate surface area is 135 Å². The van der Waals surface area contributed by atoms with E-state index in [-0.39, 0.29) is 0 Å². The lowest BCUT2D eigenvalue weighted by molar-refractivity contribution is 0.202. The minimum Gasteiger partial charge on any atom is -0.493 e. The summed E-state index contributed by atoms with van der Waals surface area (Å²) in [5.41, 5.74) is 1.46. The van der Waals surface area contributed by atoms with E-state index in [9.17, 15) is 5.11 Å². The van der Waals surface area contributed by atoms with E-state index >= 15 is 0 Å². The van der Waals surface area contributed by atoms with Gasteiger partial charge in [-0.25, -0.2) is 0 Å². The summed E-state index contributed by atoms with van der Waals surface area (Å²) in [6.07, 6.45) is 1.79. The molecule has 0 aliphatic carbocycles. The molecule has 2 rings (SSSR count). The molecule has 1 heterocycles. The van der Waals surface area contributed by atoms with Crippen LogP contribution in [0.5, 0.6) is 5.75 Å². The van der Waals surface area contributed by atoms with Crippen molar-refractivity contribution >= 4 is 31.9 Å². The van der Waals surface area contributed by atoms with Crippen molar-refractivity contribution in [1.29, 1.82) is 0 Å². The summed E-state index contributed by atoms with van der Waals surface area (Å²) in [6, 6.07) is 5.70. The van der Waals surface area contributed by atoms with E-state index in [1.807, 2.05) is 18.2 Å². The number of aliphatic hydroxyl groups excluding tert-OH is 1. The first-order chi connectivity index (χ1) is 9.56. The van der Waals surface area contributed by atoms with Crippen LogP contribution < -0.4 is 4.74 Å². The maximum absolute atomic E-state index is 10.7. The summed E-state index contributed by atoms with van der Waals surface area (Å²) in [5, 5.41) is 14.9. The molecule has 1 aromatic carbocycles. The average molecular weight is 404 g/mol. The Morgan fingerprint density at radius 3 is 2.50 bits per heavy atom. The summed E-state index contributed by atoms with van der Waals surface area (Å²) in [7, 11) is 1.58. The third-order valence-electron chi connectivity index (χ3n) is 2.96. The van der Waals surface area contributed by atoms with E-state index in [4.69, 9.17) is 4.74 Å². The maximum Gasteiger partial charge on any atom is 0.163 e. The molecule has 0 radical (unpaired) electrons. The van der Waals surface area contributed by atoms with Crippen LogP contribution in [0.1, 0.15) is 30.7 Å². The minimum absolute atomic E-state index is 0.599. The number of nitrogens with zero attached hydrogens (tertiary/aromatic N) is 2. The predicted octanol–water partition coefficient (Wildman–Crippen LogP) is 3.91. The molecule has 2 aromatic rings. The molecule has 4 nitrogen and oxygen atoms in total. The molecule has 1 N–H and O–H groups in total. The molecule has 6 heteroatoms. The number of ether oxygens (including phenoxy) is 1. The molecule has 0 aliphatic rings. The molecular formula is C14H16Br2N2O2. The summed E-state index contributed by atoms with van der Waals surface area (Å²) < 4.78 is 8.91. The highest BCUT2D eigenvalue weighted by Gasteiger charge is 2.22. The largest absolute Gasteiger partial charge is 0.493 e. The van der Waals surface area contributed by atoms with Gasteiger partial charge in [0.25, 0.3) is 0 Å². The van der Waals surface area contributed by atoms with Crippen molar-refractivity contribution in [2.45, 2.75) is 26.0 Å². The standard InChI is InChI=1S/C14H16Br2N2O2/c1-3-4-18-13(12(20-2)8-17-18)14(19)9-5-10(15)7-11(16)6-9/h5-8,14,19H,3-4H2,1-2H3. The van der Waals surface area contributed by atoms with Gasteiger partial charge >= 0.3 is 0 Å². The smallest absolute Gasteiger partial charge is 0.163 e. The van der Waals surface area contributed by atoms with Gasteiger partial charge in [-0.15, -0.1) is 0 Å². The summed E-state index contributed by atoms with van der Waals surface area (Å²) in [5.74, 6) is 0.599. The fourth-order valence-electron chi connectivity index (χ4n) is 2.09. The second kappa shape index (κ2) is 6.74. The molecule has 108 valence electrons.